The molecule has 0 aliphatic rings. The highest BCUT2D eigenvalue weighted by Gasteiger charge is 2.22. The third kappa shape index (κ3) is 1.52. The Balaban J connectivity index is 3.83. The van der Waals surface area contributed by atoms with Crippen molar-refractivity contribution in [1.29, 1.82) is 0 Å². The Morgan fingerprint density at radius 2 is 2.25 bits per heavy atom. The standard InChI is InChI=1S/C2H4N2O4/c3-1(2(5)6)4(7)8/h1H,3H2,(H,5,6). The lowest BCUT2D eigenvalue weighted by molar-refractivity contribution is -0.509. The van der Waals surface area contributed by atoms with Crippen LogP contribution in [0.3, 0.4) is 0 Å². The maximum Gasteiger partial charge on any atom is 0.395 e. The van der Waals surface area contributed by atoms with Crippen molar-refractivity contribution in [3.63, 3.8) is 0 Å². The second-order valence-electron chi connectivity index (χ2n) is 1.07. The molecule has 0 rings (SSSR count). The summed E-state index contributed by atoms with van der Waals surface area (Å²) in [6.45, 7) is 0. The molecular formula is C2H4N2O4. The number of hydrogen-bond donors (Lipinski definition) is 2. The lowest BCUT2D eigenvalue weighted by Gasteiger charge is -1.92. The maximum absolute atomic E-state index is 9.57. The average molecular weight is 120 g/mol. The second kappa shape index (κ2) is 2.22. The fourth-order valence-corrected chi connectivity index (χ4v) is 0.0902. The molecule has 6 nitrogen and oxygen atoms in total. The first kappa shape index (κ1) is 6.83. The van der Waals surface area contributed by atoms with E-state index < -0.39 is 17.1 Å². The summed E-state index contributed by atoms with van der Waals surface area (Å²) in [5.74, 6) is -1.63. The second-order valence-corrected chi connectivity index (χ2v) is 1.07. The Morgan fingerprint density at radius 1 is 1.88 bits per heavy atom. The molecule has 46 valence electrons. The highest BCUT2D eigenvalue weighted by Crippen LogP contribution is 1.76. The minimum atomic E-state index is -1.99. The van der Waals surface area contributed by atoms with Gasteiger partial charge in [-0.05, 0) is 0 Å². The number of carbonyl (C=O) groups is 1. The molecule has 0 radical (unpaired) electrons. The Bertz CT molecular complexity index is 107. The van der Waals surface area contributed by atoms with E-state index in [9.17, 15) is 14.9 Å². The zero-order valence-corrected chi connectivity index (χ0v) is 3.77. The molecule has 0 bridgehead atoms. The molecule has 0 aliphatic carbocycles. The van der Waals surface area contributed by atoms with Gasteiger partial charge in [0.2, 0.25) is 0 Å². The molecule has 0 aromatic heterocycles. The summed E-state index contributed by atoms with van der Waals surface area (Å²) >= 11 is 0. The van der Waals surface area contributed by atoms with E-state index in [2.05, 4.69) is 5.73 Å². The SMILES string of the molecule is NC(C(=O)O)[N+](=O)[O-]. The molecule has 6 heteroatoms. The first-order valence-corrected chi connectivity index (χ1v) is 1.67. The summed E-state index contributed by atoms with van der Waals surface area (Å²) in [4.78, 5) is 17.9. The molecule has 0 aromatic carbocycles. The van der Waals surface area contributed by atoms with Gasteiger partial charge in [0.05, 0.1) is 4.92 Å². The van der Waals surface area contributed by atoms with Crippen molar-refractivity contribution in [2.75, 3.05) is 0 Å². The lowest BCUT2D eigenvalue weighted by atomic mass is 10.6. The average Bonchev–Trinajstić information content (AvgIpc) is 1.64. The first-order chi connectivity index (χ1) is 3.55. The molecule has 1 atom stereocenters. The summed E-state index contributed by atoms with van der Waals surface area (Å²) in [5.41, 5.74) is 4.46. The van der Waals surface area contributed by atoms with Gasteiger partial charge in [0.15, 0.2) is 0 Å². The smallest absolute Gasteiger partial charge is 0.395 e. The Morgan fingerprint density at radius 3 is 2.25 bits per heavy atom. The van der Waals surface area contributed by atoms with Crippen LogP contribution in [0.15, 0.2) is 0 Å². The van der Waals surface area contributed by atoms with Crippen LogP contribution in [0.25, 0.3) is 0 Å². The third-order valence-electron chi connectivity index (χ3n) is 0.480. The van der Waals surface area contributed by atoms with Crippen molar-refractivity contribution in [3.05, 3.63) is 10.1 Å². The van der Waals surface area contributed by atoms with Crippen molar-refractivity contribution >= 4 is 5.97 Å². The van der Waals surface area contributed by atoms with Gasteiger partial charge in [-0.25, -0.2) is 4.79 Å². The number of nitrogens with zero attached hydrogens (tertiary/aromatic N) is 1. The molecule has 8 heavy (non-hydrogen) atoms. The van der Waals surface area contributed by atoms with Gasteiger partial charge < -0.3 is 5.11 Å². The molecule has 0 saturated heterocycles. The molecule has 3 N–H and O–H groups in total. The quantitative estimate of drug-likeness (QED) is 0.265. The van der Waals surface area contributed by atoms with E-state index in [4.69, 9.17) is 5.11 Å². The van der Waals surface area contributed by atoms with Crippen LogP contribution in [-0.4, -0.2) is 22.2 Å². The fraction of sp³-hybridized carbons (Fsp3) is 0.500. The van der Waals surface area contributed by atoms with Crippen LogP contribution in [0, 0.1) is 10.1 Å². The summed E-state index contributed by atoms with van der Waals surface area (Å²) in [7, 11) is 0. The van der Waals surface area contributed by atoms with Gasteiger partial charge in [-0.3, -0.25) is 15.8 Å². The predicted octanol–water partition coefficient (Wildman–Crippen LogP) is -1.37. The van der Waals surface area contributed by atoms with Gasteiger partial charge in [-0.1, -0.05) is 0 Å². The van der Waals surface area contributed by atoms with Crippen LogP contribution in [0.4, 0.5) is 0 Å². The minimum absolute atomic E-state index is 1.08. The van der Waals surface area contributed by atoms with Crippen molar-refractivity contribution in [1.82, 2.24) is 0 Å². The van der Waals surface area contributed by atoms with Crippen molar-refractivity contribution in [2.24, 2.45) is 5.73 Å². The molecular weight excluding hydrogens is 116 g/mol. The highest BCUT2D eigenvalue weighted by molar-refractivity contribution is 5.70. The van der Waals surface area contributed by atoms with E-state index in [-0.39, 0.29) is 0 Å². The molecule has 0 saturated carbocycles. The number of carboxylic acid groups (broad SMARTS) is 1. The number of hydrogen-bond acceptors (Lipinski definition) is 4. The van der Waals surface area contributed by atoms with Crippen molar-refractivity contribution in [2.45, 2.75) is 6.17 Å². The van der Waals surface area contributed by atoms with E-state index in [1.54, 1.807) is 0 Å². The van der Waals surface area contributed by atoms with Crippen LogP contribution in [0.5, 0.6) is 0 Å². The molecule has 0 aliphatic heterocycles. The van der Waals surface area contributed by atoms with Gasteiger partial charge in [0.25, 0.3) is 0 Å². The van der Waals surface area contributed by atoms with Crippen molar-refractivity contribution < 1.29 is 14.8 Å². The van der Waals surface area contributed by atoms with Gasteiger partial charge in [0.1, 0.15) is 0 Å². The minimum Gasteiger partial charge on any atom is -0.475 e. The van der Waals surface area contributed by atoms with Gasteiger partial charge in [0, 0.05) is 0 Å². The molecule has 0 amide bonds. The summed E-state index contributed by atoms with van der Waals surface area (Å²) in [6.07, 6.45) is -1.99. The topological polar surface area (TPSA) is 106 Å². The van der Waals surface area contributed by atoms with E-state index >= 15 is 0 Å². The Hall–Kier alpha value is -1.17. The number of rotatable bonds is 2. The number of aliphatic carboxylic acids is 1. The zero-order valence-electron chi connectivity index (χ0n) is 3.77. The summed E-state index contributed by atoms with van der Waals surface area (Å²) in [5, 5.41) is 17.2. The van der Waals surface area contributed by atoms with Crippen LogP contribution in [0.2, 0.25) is 0 Å². The maximum atomic E-state index is 9.57. The predicted molar refractivity (Wildman–Crippen MR) is 22.6 cm³/mol. The van der Waals surface area contributed by atoms with E-state index in [1.807, 2.05) is 0 Å². The van der Waals surface area contributed by atoms with Gasteiger partial charge in [-0.15, -0.1) is 0 Å². The summed E-state index contributed by atoms with van der Waals surface area (Å²) in [6, 6.07) is 0. The van der Waals surface area contributed by atoms with Crippen molar-refractivity contribution in [3.8, 4) is 0 Å². The Kier molecular flexibility index (Phi) is 1.89. The molecule has 0 heterocycles. The third-order valence-corrected chi connectivity index (χ3v) is 0.480. The molecule has 0 aromatic rings. The van der Waals surface area contributed by atoms with E-state index in [0.717, 1.165) is 0 Å². The fourth-order valence-electron chi connectivity index (χ4n) is 0.0902. The number of nitro groups is 1. The van der Waals surface area contributed by atoms with E-state index in [0.29, 0.717) is 0 Å². The Labute approximate surface area is 44.1 Å². The van der Waals surface area contributed by atoms with Gasteiger partial charge >= 0.3 is 12.1 Å². The van der Waals surface area contributed by atoms with Crippen LogP contribution < -0.4 is 5.73 Å². The number of nitrogens with two attached hydrogens (primary N) is 1. The van der Waals surface area contributed by atoms with Crippen LogP contribution >= 0.6 is 0 Å². The zero-order chi connectivity index (χ0) is 6.73. The molecule has 0 fully saturated rings. The highest BCUT2D eigenvalue weighted by atomic mass is 16.6. The monoisotopic (exact) mass is 120 g/mol. The first-order valence-electron chi connectivity index (χ1n) is 1.67. The van der Waals surface area contributed by atoms with Crippen LogP contribution in [0.1, 0.15) is 0 Å². The largest absolute Gasteiger partial charge is 0.475 e. The lowest BCUT2D eigenvalue weighted by Crippen LogP contribution is -2.37. The molecule has 0 spiro atoms. The summed E-state index contributed by atoms with van der Waals surface area (Å²) < 4.78 is 0. The molecule has 1 unspecified atom stereocenters. The van der Waals surface area contributed by atoms with Gasteiger partial charge in [-0.2, -0.15) is 0 Å². The number of carboxylic acids is 1. The van der Waals surface area contributed by atoms with E-state index in [1.165, 1.54) is 0 Å². The van der Waals surface area contributed by atoms with Crippen LogP contribution in [-0.2, 0) is 4.79 Å². The normalized spacial score (nSPS) is 12.6.